The third kappa shape index (κ3) is 4.77. The summed E-state index contributed by atoms with van der Waals surface area (Å²) in [6.45, 7) is 1.36. The topological polar surface area (TPSA) is 81.2 Å². The van der Waals surface area contributed by atoms with Crippen LogP contribution in [0.5, 0.6) is 0 Å². The normalized spacial score (nSPS) is 12.0. The number of benzene rings is 1. The van der Waals surface area contributed by atoms with E-state index in [9.17, 15) is 18.4 Å². The van der Waals surface area contributed by atoms with Crippen molar-refractivity contribution in [2.24, 2.45) is 0 Å². The second-order valence-corrected chi connectivity index (χ2v) is 7.21. The smallest absolute Gasteiger partial charge is 0.317 e. The van der Waals surface area contributed by atoms with E-state index in [1.807, 2.05) is 11.4 Å². The molecule has 0 unspecified atom stereocenters. The van der Waals surface area contributed by atoms with Gasteiger partial charge in [0.2, 0.25) is 0 Å². The number of thioether (sulfide) groups is 1. The number of ether oxygens (including phenoxy) is 1. The Hall–Kier alpha value is -2.59. The van der Waals surface area contributed by atoms with Crippen molar-refractivity contribution in [3.8, 4) is 0 Å². The molecule has 0 fully saturated rings. The Balaban J connectivity index is 1.54. The molecule has 0 aliphatic carbocycles. The minimum Gasteiger partial charge on any atom is -0.452 e. The van der Waals surface area contributed by atoms with Gasteiger partial charge in [-0.15, -0.1) is 11.3 Å². The summed E-state index contributed by atoms with van der Waals surface area (Å²) in [6.07, 6.45) is 0.272. The number of amides is 1. The number of hydrogen-bond donors (Lipinski definition) is 1. The van der Waals surface area contributed by atoms with E-state index in [4.69, 9.17) is 4.74 Å². The lowest BCUT2D eigenvalue weighted by Crippen LogP contribution is -2.30. The summed E-state index contributed by atoms with van der Waals surface area (Å²) in [6, 6.07) is 4.61. The van der Waals surface area contributed by atoms with Gasteiger partial charge in [-0.1, -0.05) is 11.8 Å². The molecule has 1 aromatic carbocycles. The van der Waals surface area contributed by atoms with Crippen molar-refractivity contribution in [3.63, 3.8) is 0 Å². The zero-order valence-corrected chi connectivity index (χ0v) is 15.6. The molecule has 140 valence electrons. The van der Waals surface area contributed by atoms with Crippen molar-refractivity contribution < 1.29 is 23.1 Å². The van der Waals surface area contributed by atoms with Gasteiger partial charge >= 0.3 is 5.97 Å². The van der Waals surface area contributed by atoms with E-state index in [1.165, 1.54) is 36.3 Å². The first-order valence-corrected chi connectivity index (χ1v) is 9.57. The molecule has 0 radical (unpaired) electrons. The number of carbonyl (C=O) groups excluding carboxylic acids is 2. The number of anilines is 1. The number of fused-ring (bicyclic) bond motifs is 1. The molecule has 0 bridgehead atoms. The van der Waals surface area contributed by atoms with Crippen LogP contribution in [0.2, 0.25) is 0 Å². The monoisotopic (exact) mass is 409 g/mol. The maximum Gasteiger partial charge on any atom is 0.317 e. The predicted molar refractivity (Wildman–Crippen MR) is 98.7 cm³/mol. The molecule has 1 atom stereocenters. The van der Waals surface area contributed by atoms with Gasteiger partial charge in [-0.25, -0.2) is 18.7 Å². The molecule has 0 saturated carbocycles. The minimum absolute atomic E-state index is 0.0511. The number of halogens is 2. The number of thiophene rings is 1. The van der Waals surface area contributed by atoms with Gasteiger partial charge in [-0.3, -0.25) is 9.59 Å². The molecule has 10 heteroatoms. The highest BCUT2D eigenvalue weighted by Gasteiger charge is 2.20. The highest BCUT2D eigenvalue weighted by Crippen LogP contribution is 2.27. The highest BCUT2D eigenvalue weighted by atomic mass is 32.2. The molecule has 0 aliphatic heterocycles. The lowest BCUT2D eigenvalue weighted by atomic mass is 10.2. The van der Waals surface area contributed by atoms with Crippen LogP contribution >= 0.6 is 23.1 Å². The fourth-order valence-electron chi connectivity index (χ4n) is 2.12. The quantitative estimate of drug-likeness (QED) is 0.380. The van der Waals surface area contributed by atoms with Crippen LogP contribution in [0.15, 0.2) is 41.0 Å². The Morgan fingerprint density at radius 1 is 1.30 bits per heavy atom. The largest absolute Gasteiger partial charge is 0.452 e. The van der Waals surface area contributed by atoms with Gasteiger partial charge in [-0.2, -0.15) is 0 Å². The van der Waals surface area contributed by atoms with E-state index in [-0.39, 0.29) is 11.4 Å². The van der Waals surface area contributed by atoms with Crippen LogP contribution in [-0.4, -0.2) is 33.7 Å². The summed E-state index contributed by atoms with van der Waals surface area (Å²) >= 11 is 2.64. The van der Waals surface area contributed by atoms with Crippen LogP contribution < -0.4 is 5.32 Å². The average molecular weight is 409 g/mol. The lowest BCUT2D eigenvalue weighted by molar-refractivity contribution is -0.150. The first-order chi connectivity index (χ1) is 12.9. The summed E-state index contributed by atoms with van der Waals surface area (Å²) in [4.78, 5) is 33.1. The molecule has 1 N–H and O–H groups in total. The molecule has 2 heterocycles. The summed E-state index contributed by atoms with van der Waals surface area (Å²) < 4.78 is 31.5. The number of aromatic nitrogens is 2. The highest BCUT2D eigenvalue weighted by molar-refractivity contribution is 8.00. The zero-order valence-electron chi connectivity index (χ0n) is 13.9. The van der Waals surface area contributed by atoms with Crippen molar-refractivity contribution in [3.05, 3.63) is 47.6 Å². The van der Waals surface area contributed by atoms with Crippen molar-refractivity contribution in [1.29, 1.82) is 0 Å². The molecule has 3 aromatic rings. The third-order valence-corrected chi connectivity index (χ3v) is 5.22. The molecule has 6 nitrogen and oxygen atoms in total. The Kier molecular flexibility index (Phi) is 5.97. The standard InChI is InChI=1S/C17H13F2N3O3S2/c1-9(15(24)22-13-3-2-10(18)6-12(13)19)25-14(23)7-27-17-11-4-5-26-16(11)20-8-21-17/h2-6,8-9H,7H2,1H3,(H,22,24)/t9-/m0/s1. The molecule has 2 aromatic heterocycles. The molecule has 0 spiro atoms. The van der Waals surface area contributed by atoms with E-state index >= 15 is 0 Å². The molecule has 3 rings (SSSR count). The number of rotatable bonds is 6. The Morgan fingerprint density at radius 3 is 2.89 bits per heavy atom. The number of esters is 1. The van der Waals surface area contributed by atoms with Crippen molar-refractivity contribution in [2.75, 3.05) is 11.1 Å². The van der Waals surface area contributed by atoms with E-state index in [2.05, 4.69) is 15.3 Å². The average Bonchev–Trinajstić information content (AvgIpc) is 3.11. The molecular formula is C17H13F2N3O3S2. The van der Waals surface area contributed by atoms with Crippen molar-refractivity contribution in [2.45, 2.75) is 18.1 Å². The fraction of sp³-hybridized carbons (Fsp3) is 0.176. The van der Waals surface area contributed by atoms with E-state index in [0.29, 0.717) is 11.1 Å². The Bertz CT molecular complexity index is 996. The Labute approximate surface area is 161 Å². The molecule has 0 saturated heterocycles. The predicted octanol–water partition coefficient (Wildman–Crippen LogP) is 3.63. The second kappa shape index (κ2) is 8.40. The maximum absolute atomic E-state index is 13.6. The lowest BCUT2D eigenvalue weighted by Gasteiger charge is -2.13. The third-order valence-electron chi connectivity index (χ3n) is 3.42. The summed E-state index contributed by atoms with van der Waals surface area (Å²) in [7, 11) is 0. The van der Waals surface area contributed by atoms with Gasteiger partial charge in [0, 0.05) is 11.5 Å². The van der Waals surface area contributed by atoms with Crippen LogP contribution in [0.25, 0.3) is 10.2 Å². The molecule has 27 heavy (non-hydrogen) atoms. The van der Waals surface area contributed by atoms with Gasteiger partial charge in [-0.05, 0) is 30.5 Å². The number of carbonyl (C=O) groups is 2. The first-order valence-electron chi connectivity index (χ1n) is 7.70. The summed E-state index contributed by atoms with van der Waals surface area (Å²) in [5.41, 5.74) is -0.195. The van der Waals surface area contributed by atoms with E-state index < -0.39 is 29.6 Å². The SMILES string of the molecule is C[C@H](OC(=O)CSc1ncnc2sccc12)C(=O)Nc1ccc(F)cc1F. The van der Waals surface area contributed by atoms with Crippen LogP contribution in [0.1, 0.15) is 6.92 Å². The van der Waals surface area contributed by atoms with Crippen LogP contribution in [0.4, 0.5) is 14.5 Å². The summed E-state index contributed by atoms with van der Waals surface area (Å²) in [5.74, 6) is -3.07. The van der Waals surface area contributed by atoms with Gasteiger partial charge in [0.15, 0.2) is 6.10 Å². The van der Waals surface area contributed by atoms with Gasteiger partial charge < -0.3 is 10.1 Å². The second-order valence-electron chi connectivity index (χ2n) is 5.35. The fourth-order valence-corrected chi connectivity index (χ4v) is 3.68. The molecule has 0 aliphatic rings. The van der Waals surface area contributed by atoms with Crippen LogP contribution in [-0.2, 0) is 14.3 Å². The minimum atomic E-state index is -1.14. The number of nitrogens with zero attached hydrogens (tertiary/aromatic N) is 2. The van der Waals surface area contributed by atoms with Crippen molar-refractivity contribution >= 4 is 50.9 Å². The van der Waals surface area contributed by atoms with Gasteiger partial charge in [0.05, 0.1) is 11.4 Å². The number of hydrogen-bond acceptors (Lipinski definition) is 7. The number of nitrogens with one attached hydrogen (secondary N) is 1. The van der Waals surface area contributed by atoms with Crippen LogP contribution in [0, 0.1) is 11.6 Å². The van der Waals surface area contributed by atoms with Gasteiger partial charge in [0.25, 0.3) is 5.91 Å². The van der Waals surface area contributed by atoms with E-state index in [1.54, 1.807) is 0 Å². The zero-order chi connectivity index (χ0) is 19.4. The van der Waals surface area contributed by atoms with Crippen molar-refractivity contribution in [1.82, 2.24) is 9.97 Å². The summed E-state index contributed by atoms with van der Waals surface area (Å²) in [5, 5.41) is 5.62. The molecular weight excluding hydrogens is 396 g/mol. The van der Waals surface area contributed by atoms with E-state index in [0.717, 1.165) is 22.3 Å². The first kappa shape index (κ1) is 19.2. The van der Waals surface area contributed by atoms with Gasteiger partial charge in [0.1, 0.15) is 27.8 Å². The van der Waals surface area contributed by atoms with Crippen LogP contribution in [0.3, 0.4) is 0 Å². The Morgan fingerprint density at radius 2 is 2.11 bits per heavy atom. The maximum atomic E-state index is 13.6. The molecule has 1 amide bonds.